The van der Waals surface area contributed by atoms with Crippen molar-refractivity contribution in [3.8, 4) is 0 Å². The summed E-state index contributed by atoms with van der Waals surface area (Å²) in [6.45, 7) is 6.28. The van der Waals surface area contributed by atoms with Crippen LogP contribution in [-0.2, 0) is 18.9 Å². The predicted octanol–water partition coefficient (Wildman–Crippen LogP) is 5.13. The molecule has 4 aliphatic rings. The van der Waals surface area contributed by atoms with E-state index in [-0.39, 0.29) is 12.4 Å². The van der Waals surface area contributed by atoms with Crippen LogP contribution < -0.4 is 0 Å². The van der Waals surface area contributed by atoms with Gasteiger partial charge in [0, 0.05) is 6.42 Å². The molecule has 31 heavy (non-hydrogen) atoms. The van der Waals surface area contributed by atoms with Gasteiger partial charge in [-0.15, -0.1) is 0 Å². The van der Waals surface area contributed by atoms with Crippen LogP contribution in [0, 0.1) is 17.8 Å². The van der Waals surface area contributed by atoms with E-state index in [2.05, 4.69) is 26.0 Å². The van der Waals surface area contributed by atoms with Gasteiger partial charge in [-0.25, -0.2) is 0 Å². The largest absolute Gasteiger partial charge is 0.467 e. The van der Waals surface area contributed by atoms with E-state index in [0.29, 0.717) is 37.6 Å². The molecule has 0 amide bonds. The van der Waals surface area contributed by atoms with Crippen LogP contribution in [0.3, 0.4) is 0 Å². The third-order valence-electron chi connectivity index (χ3n) is 7.49. The first-order valence-corrected chi connectivity index (χ1v) is 12.6. The summed E-state index contributed by atoms with van der Waals surface area (Å²) in [6, 6.07) is 0. The lowest BCUT2D eigenvalue weighted by molar-refractivity contribution is -0.149. The third kappa shape index (κ3) is 6.56. The Morgan fingerprint density at radius 2 is 1.81 bits per heavy atom. The Balaban J connectivity index is 1.49. The average Bonchev–Trinajstić information content (AvgIpc) is 3.31. The minimum atomic E-state index is -0.574. The van der Waals surface area contributed by atoms with Crippen LogP contribution >= 0.6 is 0 Å². The summed E-state index contributed by atoms with van der Waals surface area (Å²) < 4.78 is 24.5. The molecule has 1 N–H and O–H groups in total. The maximum absolute atomic E-state index is 11.1. The van der Waals surface area contributed by atoms with E-state index in [1.165, 1.54) is 18.4 Å². The highest BCUT2D eigenvalue weighted by molar-refractivity contribution is 5.09. The van der Waals surface area contributed by atoms with Gasteiger partial charge in [-0.3, -0.25) is 0 Å². The summed E-state index contributed by atoms with van der Waals surface area (Å²) in [7, 11) is 0. The topological polar surface area (TPSA) is 57.2 Å². The molecule has 2 bridgehead atoms. The molecule has 0 aromatic heterocycles. The molecule has 2 saturated carbocycles. The van der Waals surface area contributed by atoms with E-state index in [1.54, 1.807) is 0 Å². The molecule has 0 aromatic rings. The van der Waals surface area contributed by atoms with Crippen molar-refractivity contribution in [1.82, 2.24) is 0 Å². The Morgan fingerprint density at radius 3 is 2.61 bits per heavy atom. The maximum Gasteiger partial charge on any atom is 0.199 e. The second-order valence-electron chi connectivity index (χ2n) is 10.2. The number of ether oxygens (including phenoxy) is 4. The van der Waals surface area contributed by atoms with Gasteiger partial charge in [-0.2, -0.15) is 0 Å². The lowest BCUT2D eigenvalue weighted by Crippen LogP contribution is -2.26. The zero-order chi connectivity index (χ0) is 21.6. The number of rotatable bonds is 3. The van der Waals surface area contributed by atoms with Crippen molar-refractivity contribution in [2.45, 2.75) is 103 Å². The number of hydrogen-bond donors (Lipinski definition) is 1. The molecule has 5 heteroatoms. The number of aliphatic hydroxyl groups is 1. The van der Waals surface area contributed by atoms with E-state index in [0.717, 1.165) is 63.2 Å². The molecule has 0 spiro atoms. The molecule has 1 saturated heterocycles. The molecule has 0 radical (unpaired) electrons. The highest BCUT2D eigenvalue weighted by atomic mass is 16.7. The SMILES string of the molecule is CC(C)=CC1CCC[C@H](O)/C(OC2CCCCO2)=C/[C@H]2CCC3CC(CC32)OCCO1. The zero-order valence-corrected chi connectivity index (χ0v) is 19.5. The second-order valence-corrected chi connectivity index (χ2v) is 10.2. The molecule has 176 valence electrons. The highest BCUT2D eigenvalue weighted by Crippen LogP contribution is 2.49. The fourth-order valence-electron chi connectivity index (χ4n) is 5.98. The van der Waals surface area contributed by atoms with Crippen molar-refractivity contribution in [3.05, 3.63) is 23.5 Å². The highest BCUT2D eigenvalue weighted by Gasteiger charge is 2.43. The van der Waals surface area contributed by atoms with Crippen LogP contribution in [0.5, 0.6) is 0 Å². The minimum Gasteiger partial charge on any atom is -0.467 e. The predicted molar refractivity (Wildman–Crippen MR) is 120 cm³/mol. The fraction of sp³-hybridized carbons (Fsp3) is 0.846. The van der Waals surface area contributed by atoms with E-state index >= 15 is 0 Å². The Bertz CT molecular complexity index is 619. The number of aliphatic hydroxyl groups excluding tert-OH is 1. The van der Waals surface area contributed by atoms with Gasteiger partial charge in [0.25, 0.3) is 0 Å². The molecule has 4 rings (SSSR count). The van der Waals surface area contributed by atoms with E-state index < -0.39 is 6.10 Å². The summed E-state index contributed by atoms with van der Waals surface area (Å²) in [6.07, 6.45) is 14.4. The molecule has 2 heterocycles. The van der Waals surface area contributed by atoms with Crippen LogP contribution in [0.25, 0.3) is 0 Å². The smallest absolute Gasteiger partial charge is 0.199 e. The molecular formula is C26H42O5. The van der Waals surface area contributed by atoms with E-state index in [9.17, 15) is 5.11 Å². The third-order valence-corrected chi connectivity index (χ3v) is 7.49. The Labute approximate surface area is 188 Å². The summed E-state index contributed by atoms with van der Waals surface area (Å²) in [5.74, 6) is 2.61. The number of allylic oxidation sites excluding steroid dienone is 2. The lowest BCUT2D eigenvalue weighted by Gasteiger charge is -2.28. The quantitative estimate of drug-likeness (QED) is 0.624. The van der Waals surface area contributed by atoms with Gasteiger partial charge in [-0.05, 0) is 95.5 Å². The Hall–Kier alpha value is -0.880. The molecular weight excluding hydrogens is 392 g/mol. The van der Waals surface area contributed by atoms with Crippen molar-refractivity contribution in [2.24, 2.45) is 17.8 Å². The van der Waals surface area contributed by atoms with Crippen molar-refractivity contribution in [2.75, 3.05) is 19.8 Å². The van der Waals surface area contributed by atoms with Gasteiger partial charge in [0.05, 0.1) is 32.0 Å². The van der Waals surface area contributed by atoms with E-state index in [1.807, 2.05) is 0 Å². The average molecular weight is 435 g/mol. The molecule has 2 aliphatic heterocycles. The molecule has 2 aliphatic carbocycles. The molecule has 5 nitrogen and oxygen atoms in total. The summed E-state index contributed by atoms with van der Waals surface area (Å²) in [4.78, 5) is 0. The summed E-state index contributed by atoms with van der Waals surface area (Å²) in [5.41, 5.74) is 1.26. The molecule has 0 aromatic carbocycles. The van der Waals surface area contributed by atoms with E-state index in [4.69, 9.17) is 18.9 Å². The van der Waals surface area contributed by atoms with Gasteiger partial charge in [0.1, 0.15) is 11.9 Å². The van der Waals surface area contributed by atoms with Gasteiger partial charge in [0.2, 0.25) is 0 Å². The summed E-state index contributed by atoms with van der Waals surface area (Å²) >= 11 is 0. The first kappa shape index (κ1) is 23.3. The summed E-state index contributed by atoms with van der Waals surface area (Å²) in [5, 5.41) is 11.1. The molecule has 5 unspecified atom stereocenters. The standard InChI is InChI=1S/C26H42O5/c1-18(2)14-21-6-5-7-24(27)25(31-26-8-3-4-11-30-26)16-20-10-9-19-15-22(17-23(19)20)29-13-12-28-21/h14,16,19-24,26-27H,3-13,15,17H2,1-2H3/b25-16-/t19?,20-,21?,22?,23?,24+,26?/m1/s1. The monoisotopic (exact) mass is 434 g/mol. The van der Waals surface area contributed by atoms with Crippen molar-refractivity contribution in [3.63, 3.8) is 0 Å². The molecule has 3 fully saturated rings. The van der Waals surface area contributed by atoms with Crippen LogP contribution in [0.15, 0.2) is 23.5 Å². The Kier molecular flexibility index (Phi) is 8.50. The second kappa shape index (κ2) is 11.3. The van der Waals surface area contributed by atoms with Crippen LogP contribution in [-0.4, -0.2) is 49.5 Å². The first-order valence-electron chi connectivity index (χ1n) is 12.6. The van der Waals surface area contributed by atoms with Gasteiger partial charge in [-0.1, -0.05) is 11.6 Å². The Morgan fingerprint density at radius 1 is 0.935 bits per heavy atom. The zero-order valence-electron chi connectivity index (χ0n) is 19.5. The molecule has 7 atom stereocenters. The lowest BCUT2D eigenvalue weighted by atomic mass is 9.90. The first-order chi connectivity index (χ1) is 15.1. The number of fused-ring (bicyclic) bond motifs is 1. The minimum absolute atomic E-state index is 0.0773. The van der Waals surface area contributed by atoms with Gasteiger partial charge < -0.3 is 24.1 Å². The van der Waals surface area contributed by atoms with Gasteiger partial charge >= 0.3 is 0 Å². The van der Waals surface area contributed by atoms with Crippen LogP contribution in [0.1, 0.15) is 78.1 Å². The van der Waals surface area contributed by atoms with Crippen molar-refractivity contribution >= 4 is 0 Å². The van der Waals surface area contributed by atoms with Crippen LogP contribution in [0.4, 0.5) is 0 Å². The fourth-order valence-corrected chi connectivity index (χ4v) is 5.98. The normalized spacial score (nSPS) is 41.5. The van der Waals surface area contributed by atoms with Gasteiger partial charge in [0.15, 0.2) is 6.29 Å². The maximum atomic E-state index is 11.1. The van der Waals surface area contributed by atoms with Crippen molar-refractivity contribution in [1.29, 1.82) is 0 Å². The van der Waals surface area contributed by atoms with Crippen LogP contribution in [0.2, 0.25) is 0 Å². The van der Waals surface area contributed by atoms with Crippen molar-refractivity contribution < 1.29 is 24.1 Å². The number of hydrogen-bond acceptors (Lipinski definition) is 5.